The summed E-state index contributed by atoms with van der Waals surface area (Å²) < 4.78 is 0. The van der Waals surface area contributed by atoms with Crippen molar-refractivity contribution in [1.82, 2.24) is 0 Å². The van der Waals surface area contributed by atoms with E-state index in [9.17, 15) is 0 Å². The molecule has 1 radical (unpaired) electrons. The monoisotopic (exact) mass is 183 g/mol. The zero-order valence-electron chi connectivity index (χ0n) is 9.81. The number of hydrogen-bond donors (Lipinski definition) is 0. The van der Waals surface area contributed by atoms with Crippen molar-refractivity contribution in [2.75, 3.05) is 0 Å². The van der Waals surface area contributed by atoms with Gasteiger partial charge in [-0.25, -0.2) is 0 Å². The van der Waals surface area contributed by atoms with Crippen LogP contribution in [0.2, 0.25) is 0 Å². The number of hydrogen-bond acceptors (Lipinski definition) is 0. The van der Waals surface area contributed by atoms with E-state index in [-0.39, 0.29) is 0 Å². The van der Waals surface area contributed by atoms with E-state index in [1.54, 1.807) is 0 Å². The quantitative estimate of drug-likeness (QED) is 0.442. The fourth-order valence-corrected chi connectivity index (χ4v) is 1.52. The van der Waals surface area contributed by atoms with E-state index in [4.69, 9.17) is 0 Å². The molecule has 0 rings (SSSR count). The Balaban J connectivity index is 2.84. The van der Waals surface area contributed by atoms with Gasteiger partial charge >= 0.3 is 0 Å². The summed E-state index contributed by atoms with van der Waals surface area (Å²) in [6, 6.07) is 0. The van der Waals surface area contributed by atoms with Crippen molar-refractivity contribution in [1.29, 1.82) is 0 Å². The second-order valence-corrected chi connectivity index (χ2v) is 4.47. The van der Waals surface area contributed by atoms with Gasteiger partial charge in [-0.1, -0.05) is 65.7 Å². The average molecular weight is 183 g/mol. The van der Waals surface area contributed by atoms with Crippen LogP contribution in [0, 0.1) is 12.3 Å². The van der Waals surface area contributed by atoms with Crippen LogP contribution in [-0.2, 0) is 0 Å². The van der Waals surface area contributed by atoms with Gasteiger partial charge in [-0.05, 0) is 18.8 Å². The molecule has 0 atom stereocenters. The van der Waals surface area contributed by atoms with Crippen molar-refractivity contribution in [3.63, 3.8) is 0 Å². The molecule has 0 aromatic carbocycles. The molecule has 0 fully saturated rings. The first kappa shape index (κ1) is 13.0. The molecule has 0 spiro atoms. The van der Waals surface area contributed by atoms with Crippen molar-refractivity contribution < 1.29 is 0 Å². The lowest BCUT2D eigenvalue weighted by molar-refractivity contribution is 0.576. The minimum absolute atomic E-state index is 0.847. The maximum absolute atomic E-state index is 2.46. The highest BCUT2D eigenvalue weighted by Gasteiger charge is 1.94. The summed E-state index contributed by atoms with van der Waals surface area (Å²) in [5.74, 6) is 0.847. The van der Waals surface area contributed by atoms with Crippen LogP contribution in [0.4, 0.5) is 0 Å². The van der Waals surface area contributed by atoms with Gasteiger partial charge in [-0.2, -0.15) is 0 Å². The van der Waals surface area contributed by atoms with Crippen molar-refractivity contribution >= 4 is 0 Å². The molecule has 0 unspecified atom stereocenters. The fourth-order valence-electron chi connectivity index (χ4n) is 1.52. The minimum atomic E-state index is 0.847. The van der Waals surface area contributed by atoms with Gasteiger partial charge in [0.25, 0.3) is 0 Å². The fraction of sp³-hybridized carbons (Fsp3) is 0.923. The van der Waals surface area contributed by atoms with Gasteiger partial charge in [0, 0.05) is 0 Å². The highest BCUT2D eigenvalue weighted by molar-refractivity contribution is 4.66. The Morgan fingerprint density at radius 1 is 0.923 bits per heavy atom. The summed E-state index contributed by atoms with van der Waals surface area (Å²) in [5, 5.41) is 0. The van der Waals surface area contributed by atoms with Gasteiger partial charge in [0.05, 0.1) is 0 Å². The first-order valence-electron chi connectivity index (χ1n) is 6.09. The van der Waals surface area contributed by atoms with Crippen LogP contribution in [0.5, 0.6) is 0 Å². The van der Waals surface area contributed by atoms with Crippen LogP contribution in [0.1, 0.15) is 72.1 Å². The summed E-state index contributed by atoms with van der Waals surface area (Å²) in [6.07, 6.45) is 13.6. The topological polar surface area (TPSA) is 0 Å². The Bertz CT molecular complexity index is 84.0. The molecule has 0 aromatic rings. The lowest BCUT2D eigenvalue weighted by Gasteiger charge is -2.03. The van der Waals surface area contributed by atoms with Crippen molar-refractivity contribution in [3.05, 3.63) is 6.42 Å². The van der Waals surface area contributed by atoms with Crippen LogP contribution < -0.4 is 0 Å². The van der Waals surface area contributed by atoms with Crippen molar-refractivity contribution in [2.24, 2.45) is 5.92 Å². The van der Waals surface area contributed by atoms with E-state index in [1.807, 2.05) is 0 Å². The van der Waals surface area contributed by atoms with Crippen molar-refractivity contribution in [3.8, 4) is 0 Å². The highest BCUT2D eigenvalue weighted by Crippen LogP contribution is 2.11. The second-order valence-electron chi connectivity index (χ2n) is 4.47. The van der Waals surface area contributed by atoms with Gasteiger partial charge in [0.2, 0.25) is 0 Å². The van der Waals surface area contributed by atoms with Crippen molar-refractivity contribution in [2.45, 2.75) is 72.1 Å². The van der Waals surface area contributed by atoms with Gasteiger partial charge in [0.1, 0.15) is 0 Å². The predicted molar refractivity (Wildman–Crippen MR) is 61.7 cm³/mol. The third-order valence-corrected chi connectivity index (χ3v) is 2.40. The maximum atomic E-state index is 2.46. The summed E-state index contributed by atoms with van der Waals surface area (Å²) in [4.78, 5) is 0. The normalized spacial score (nSPS) is 11.1. The Morgan fingerprint density at radius 2 is 1.54 bits per heavy atom. The molecule has 0 saturated heterocycles. The number of rotatable bonds is 9. The van der Waals surface area contributed by atoms with E-state index in [1.165, 1.54) is 51.4 Å². The molecule has 0 heterocycles. The second kappa shape index (κ2) is 10.1. The summed E-state index contributed by atoms with van der Waals surface area (Å²) in [7, 11) is 0. The lowest BCUT2D eigenvalue weighted by atomic mass is 10.0. The molecule has 0 heteroatoms. The molecule has 0 N–H and O–H groups in total. The molecule has 0 saturated carbocycles. The first-order chi connectivity index (χ1) is 6.27. The molecule has 0 bridgehead atoms. The van der Waals surface area contributed by atoms with Crippen LogP contribution >= 0.6 is 0 Å². The summed E-state index contributed by atoms with van der Waals surface area (Å²) >= 11 is 0. The molecule has 79 valence electrons. The Labute approximate surface area is 85.1 Å². The molecule has 0 aliphatic carbocycles. The molecule has 0 aliphatic rings. The molecule has 0 aromatic heterocycles. The predicted octanol–water partition coefficient (Wildman–Crippen LogP) is 4.99. The zero-order valence-corrected chi connectivity index (χ0v) is 9.81. The molecule has 0 amide bonds. The van der Waals surface area contributed by atoms with E-state index < -0.39 is 0 Å². The Kier molecular flexibility index (Phi) is 10.1. The molecule has 0 aliphatic heterocycles. The van der Waals surface area contributed by atoms with Crippen LogP contribution in [0.25, 0.3) is 0 Å². The van der Waals surface area contributed by atoms with Crippen LogP contribution in [0.3, 0.4) is 0 Å². The average Bonchev–Trinajstić information content (AvgIpc) is 2.09. The molecular formula is C13H27. The molecule has 0 nitrogen and oxygen atoms in total. The van der Waals surface area contributed by atoms with Gasteiger partial charge in [-0.15, -0.1) is 0 Å². The molecular weight excluding hydrogens is 156 g/mol. The lowest BCUT2D eigenvalue weighted by Crippen LogP contribution is -1.88. The largest absolute Gasteiger partial charge is 0.0654 e. The summed E-state index contributed by atoms with van der Waals surface area (Å²) in [6.45, 7) is 6.85. The smallest absolute Gasteiger partial charge is 0.0383 e. The Morgan fingerprint density at radius 3 is 2.15 bits per heavy atom. The van der Waals surface area contributed by atoms with Crippen LogP contribution in [-0.4, -0.2) is 0 Å². The SMILES string of the molecule is CCCCCCCC[CH]CC(C)C. The first-order valence-corrected chi connectivity index (χ1v) is 6.09. The summed E-state index contributed by atoms with van der Waals surface area (Å²) in [5.41, 5.74) is 0. The Hall–Kier alpha value is 0. The van der Waals surface area contributed by atoms with E-state index in [0.29, 0.717) is 0 Å². The zero-order chi connectivity index (χ0) is 9.94. The van der Waals surface area contributed by atoms with Crippen LogP contribution in [0.15, 0.2) is 0 Å². The van der Waals surface area contributed by atoms with Gasteiger partial charge < -0.3 is 0 Å². The third kappa shape index (κ3) is 12.0. The molecule has 13 heavy (non-hydrogen) atoms. The standard InChI is InChI=1S/C13H27/c1-4-5-6-7-8-9-10-11-12-13(2)3/h11,13H,4-10,12H2,1-3H3. The van der Waals surface area contributed by atoms with E-state index in [0.717, 1.165) is 5.92 Å². The van der Waals surface area contributed by atoms with Gasteiger partial charge in [-0.3, -0.25) is 0 Å². The van der Waals surface area contributed by atoms with E-state index >= 15 is 0 Å². The highest BCUT2D eigenvalue weighted by atomic mass is 14.0. The minimum Gasteiger partial charge on any atom is -0.0654 e. The number of unbranched alkanes of at least 4 members (excludes halogenated alkanes) is 7. The third-order valence-electron chi connectivity index (χ3n) is 2.40. The maximum Gasteiger partial charge on any atom is -0.0383 e. The van der Waals surface area contributed by atoms with E-state index in [2.05, 4.69) is 27.2 Å². The van der Waals surface area contributed by atoms with Gasteiger partial charge in [0.15, 0.2) is 0 Å².